The van der Waals surface area contributed by atoms with Gasteiger partial charge in [-0.3, -0.25) is 4.79 Å². The van der Waals surface area contributed by atoms with Crippen LogP contribution in [0, 0.1) is 5.41 Å². The summed E-state index contributed by atoms with van der Waals surface area (Å²) in [5.74, 6) is 1.37. The van der Waals surface area contributed by atoms with Crippen molar-refractivity contribution in [1.29, 1.82) is 0 Å². The number of hydrogen-bond acceptors (Lipinski definition) is 3. The van der Waals surface area contributed by atoms with Gasteiger partial charge in [-0.2, -0.15) is 0 Å². The van der Waals surface area contributed by atoms with Gasteiger partial charge in [0.25, 0.3) is 0 Å². The maximum absolute atomic E-state index is 12.3. The van der Waals surface area contributed by atoms with Gasteiger partial charge in [0.15, 0.2) is 0 Å². The van der Waals surface area contributed by atoms with Crippen LogP contribution in [0.25, 0.3) is 0 Å². The van der Waals surface area contributed by atoms with Gasteiger partial charge in [-0.25, -0.2) is 0 Å². The number of aryl methyl sites for hydroxylation is 1. The topological polar surface area (TPSA) is 52.3 Å². The number of rotatable bonds is 5. The van der Waals surface area contributed by atoms with Crippen LogP contribution in [0.15, 0.2) is 18.2 Å². The molecule has 0 saturated heterocycles. The van der Waals surface area contributed by atoms with E-state index in [1.165, 1.54) is 11.1 Å². The molecule has 1 aromatic carbocycles. The average molecular weight is 259 g/mol. The normalized spacial score (nSPS) is 19.4. The second-order valence-corrected chi connectivity index (χ2v) is 5.80. The van der Waals surface area contributed by atoms with E-state index < -0.39 is 0 Å². The fourth-order valence-electron chi connectivity index (χ4n) is 3.12. The number of hydrogen-bond donors (Lipinski definition) is 1. The second-order valence-electron chi connectivity index (χ2n) is 5.80. The molecule has 0 radical (unpaired) electrons. The lowest BCUT2D eigenvalue weighted by Gasteiger charge is -2.39. The van der Waals surface area contributed by atoms with E-state index in [1.54, 1.807) is 0 Å². The molecule has 1 aliphatic carbocycles. The van der Waals surface area contributed by atoms with E-state index in [1.807, 2.05) is 6.07 Å². The third kappa shape index (κ3) is 2.27. The van der Waals surface area contributed by atoms with Gasteiger partial charge in [0, 0.05) is 24.8 Å². The Bertz CT molecular complexity index is 486. The minimum atomic E-state index is -0.181. The molecule has 3 heteroatoms. The van der Waals surface area contributed by atoms with Gasteiger partial charge in [-0.1, -0.05) is 18.6 Å². The lowest BCUT2D eigenvalue weighted by Crippen LogP contribution is -2.44. The van der Waals surface area contributed by atoms with Crippen LogP contribution >= 0.6 is 0 Å². The Morgan fingerprint density at radius 1 is 1.37 bits per heavy atom. The molecule has 1 aliphatic heterocycles. The smallest absolute Gasteiger partial charge is 0.140 e. The maximum atomic E-state index is 12.3. The minimum absolute atomic E-state index is 0.181. The van der Waals surface area contributed by atoms with E-state index in [2.05, 4.69) is 12.1 Å². The fraction of sp³-hybridized carbons (Fsp3) is 0.562. The van der Waals surface area contributed by atoms with Crippen LogP contribution in [0.1, 0.15) is 36.8 Å². The van der Waals surface area contributed by atoms with Gasteiger partial charge in [0.05, 0.1) is 6.61 Å². The summed E-state index contributed by atoms with van der Waals surface area (Å²) in [4.78, 5) is 12.3. The predicted molar refractivity (Wildman–Crippen MR) is 74.3 cm³/mol. The summed E-state index contributed by atoms with van der Waals surface area (Å²) in [5.41, 5.74) is 8.11. The first-order valence-electron chi connectivity index (χ1n) is 7.21. The number of nitrogens with two attached hydrogens (primary N) is 1. The number of benzene rings is 1. The van der Waals surface area contributed by atoms with E-state index >= 15 is 0 Å². The molecule has 0 aromatic heterocycles. The van der Waals surface area contributed by atoms with Gasteiger partial charge in [0.1, 0.15) is 11.5 Å². The van der Waals surface area contributed by atoms with Crippen molar-refractivity contribution in [2.75, 3.05) is 13.2 Å². The third-order valence-electron chi connectivity index (χ3n) is 4.69. The van der Waals surface area contributed by atoms with Crippen LogP contribution in [-0.4, -0.2) is 18.9 Å². The van der Waals surface area contributed by atoms with Crippen LogP contribution in [-0.2, 0) is 17.6 Å². The van der Waals surface area contributed by atoms with Gasteiger partial charge in [-0.15, -0.1) is 0 Å². The zero-order chi connectivity index (χ0) is 13.3. The monoisotopic (exact) mass is 259 g/mol. The molecular weight excluding hydrogens is 238 g/mol. The van der Waals surface area contributed by atoms with Crippen molar-refractivity contribution in [1.82, 2.24) is 0 Å². The molecule has 3 rings (SSSR count). The Kier molecular flexibility index (Phi) is 3.31. The first-order chi connectivity index (χ1) is 9.23. The predicted octanol–water partition coefficient (Wildman–Crippen LogP) is 2.25. The quantitative estimate of drug-likeness (QED) is 0.882. The molecule has 0 atom stereocenters. The number of fused-ring (bicyclic) bond motifs is 1. The van der Waals surface area contributed by atoms with E-state index in [0.717, 1.165) is 44.5 Å². The molecule has 0 spiro atoms. The lowest BCUT2D eigenvalue weighted by atomic mass is 9.65. The molecular formula is C16H21NO2. The summed E-state index contributed by atoms with van der Waals surface area (Å²) < 4.78 is 5.49. The first kappa shape index (κ1) is 12.7. The second kappa shape index (κ2) is 4.97. The van der Waals surface area contributed by atoms with E-state index in [0.29, 0.717) is 18.7 Å². The van der Waals surface area contributed by atoms with Gasteiger partial charge in [-0.05, 0) is 36.5 Å². The summed E-state index contributed by atoms with van der Waals surface area (Å²) in [5, 5.41) is 0. The van der Waals surface area contributed by atoms with Crippen molar-refractivity contribution in [3.05, 3.63) is 29.3 Å². The van der Waals surface area contributed by atoms with Crippen LogP contribution in [0.4, 0.5) is 0 Å². The summed E-state index contributed by atoms with van der Waals surface area (Å²) in [6.07, 6.45) is 5.56. The fourth-order valence-corrected chi connectivity index (χ4v) is 3.12. The van der Waals surface area contributed by atoms with Gasteiger partial charge >= 0.3 is 0 Å². The highest BCUT2D eigenvalue weighted by atomic mass is 16.5. The van der Waals surface area contributed by atoms with Crippen molar-refractivity contribution in [2.24, 2.45) is 11.1 Å². The molecule has 0 bridgehead atoms. The highest BCUT2D eigenvalue weighted by Crippen LogP contribution is 2.41. The third-order valence-corrected chi connectivity index (χ3v) is 4.69. The van der Waals surface area contributed by atoms with E-state index in [9.17, 15) is 4.79 Å². The molecule has 1 heterocycles. The van der Waals surface area contributed by atoms with E-state index in [-0.39, 0.29) is 5.41 Å². The molecule has 2 aliphatic rings. The van der Waals surface area contributed by atoms with Crippen molar-refractivity contribution >= 4 is 5.78 Å². The summed E-state index contributed by atoms with van der Waals surface area (Å²) >= 11 is 0. The Balaban J connectivity index is 1.62. The molecule has 0 unspecified atom stereocenters. The molecule has 1 saturated carbocycles. The Morgan fingerprint density at radius 3 is 2.89 bits per heavy atom. The van der Waals surface area contributed by atoms with Gasteiger partial charge in [0.2, 0.25) is 0 Å². The molecule has 3 nitrogen and oxygen atoms in total. The van der Waals surface area contributed by atoms with Crippen LogP contribution in [0.2, 0.25) is 0 Å². The Hall–Kier alpha value is -1.35. The summed E-state index contributed by atoms with van der Waals surface area (Å²) in [6.45, 7) is 1.30. The molecule has 0 amide bonds. The molecule has 102 valence electrons. The Morgan fingerprint density at radius 2 is 2.21 bits per heavy atom. The van der Waals surface area contributed by atoms with Crippen LogP contribution < -0.4 is 10.5 Å². The molecule has 2 N–H and O–H groups in total. The summed E-state index contributed by atoms with van der Waals surface area (Å²) in [6, 6.07) is 6.29. The van der Waals surface area contributed by atoms with Crippen LogP contribution in [0.3, 0.4) is 0 Å². The highest BCUT2D eigenvalue weighted by Gasteiger charge is 2.41. The van der Waals surface area contributed by atoms with Gasteiger partial charge < -0.3 is 10.5 Å². The first-order valence-corrected chi connectivity index (χ1v) is 7.21. The maximum Gasteiger partial charge on any atom is 0.140 e. The molecule has 1 aromatic rings. The summed E-state index contributed by atoms with van der Waals surface area (Å²) in [7, 11) is 0. The minimum Gasteiger partial charge on any atom is -0.493 e. The van der Waals surface area contributed by atoms with Crippen molar-refractivity contribution in [3.8, 4) is 5.75 Å². The molecule has 1 fully saturated rings. The number of ketones is 1. The SMILES string of the molecule is NCC1(C(=O)CCc2ccc3c(c2)CCO3)CCC1. The number of ether oxygens (including phenoxy) is 1. The van der Waals surface area contributed by atoms with E-state index in [4.69, 9.17) is 10.5 Å². The highest BCUT2D eigenvalue weighted by molar-refractivity contribution is 5.86. The zero-order valence-electron chi connectivity index (χ0n) is 11.3. The zero-order valence-corrected chi connectivity index (χ0v) is 11.3. The number of carbonyl (C=O) groups excluding carboxylic acids is 1. The van der Waals surface area contributed by atoms with Crippen molar-refractivity contribution in [2.45, 2.75) is 38.5 Å². The standard InChI is InChI=1S/C16H21NO2/c17-11-16(7-1-8-16)15(18)5-3-12-2-4-14-13(10-12)6-9-19-14/h2,4,10H,1,3,5-9,11,17H2. The van der Waals surface area contributed by atoms with Crippen molar-refractivity contribution < 1.29 is 9.53 Å². The van der Waals surface area contributed by atoms with Crippen LogP contribution in [0.5, 0.6) is 5.75 Å². The Labute approximate surface area is 114 Å². The average Bonchev–Trinajstić information content (AvgIpc) is 2.83. The number of carbonyl (C=O) groups is 1. The number of Topliss-reactive ketones (excluding diaryl/α,β-unsaturated/α-hetero) is 1. The molecule has 19 heavy (non-hydrogen) atoms. The lowest BCUT2D eigenvalue weighted by molar-refractivity contribution is -0.132. The largest absolute Gasteiger partial charge is 0.493 e. The van der Waals surface area contributed by atoms with Crippen molar-refractivity contribution in [3.63, 3.8) is 0 Å².